The van der Waals surface area contributed by atoms with E-state index in [1.807, 2.05) is 23.0 Å². The van der Waals surface area contributed by atoms with Crippen LogP contribution in [0.15, 0.2) is 37.3 Å². The molecule has 3 heterocycles. The van der Waals surface area contributed by atoms with Crippen LogP contribution < -0.4 is 10.6 Å². The average molecular weight is 454 g/mol. The number of halogens is 1. The zero-order valence-corrected chi connectivity index (χ0v) is 19.7. The van der Waals surface area contributed by atoms with Crippen LogP contribution in [0.1, 0.15) is 70.0 Å². The van der Waals surface area contributed by atoms with Crippen molar-refractivity contribution in [3.63, 3.8) is 0 Å². The van der Waals surface area contributed by atoms with Crippen LogP contribution in [-0.4, -0.2) is 36.0 Å². The molecule has 9 heteroatoms. The molecule has 33 heavy (non-hydrogen) atoms. The van der Waals surface area contributed by atoms with Gasteiger partial charge in [0.15, 0.2) is 5.65 Å². The number of carbonyl (C=O) groups is 1. The van der Waals surface area contributed by atoms with Gasteiger partial charge in [0.1, 0.15) is 5.67 Å². The molecule has 0 saturated heterocycles. The molecule has 1 aliphatic rings. The van der Waals surface area contributed by atoms with E-state index in [2.05, 4.69) is 46.2 Å². The third-order valence-corrected chi connectivity index (χ3v) is 6.48. The number of amides is 1. The topological polar surface area (TPSA) is 89.1 Å². The number of fused-ring (bicyclic) bond motifs is 1. The summed E-state index contributed by atoms with van der Waals surface area (Å²) < 4.78 is 18.0. The van der Waals surface area contributed by atoms with Crippen LogP contribution in [0.5, 0.6) is 0 Å². The molecule has 3 aromatic heterocycles. The largest absolute Gasteiger partial charge is 0.378 e. The summed E-state index contributed by atoms with van der Waals surface area (Å²) in [5.41, 5.74) is 2.22. The van der Waals surface area contributed by atoms with Gasteiger partial charge < -0.3 is 10.6 Å². The Labute approximate surface area is 193 Å². The third kappa shape index (κ3) is 4.91. The van der Waals surface area contributed by atoms with Crippen molar-refractivity contribution in [1.82, 2.24) is 35.0 Å². The first-order valence-corrected chi connectivity index (χ1v) is 11.3. The third-order valence-electron chi connectivity index (χ3n) is 6.48. The number of rotatable bonds is 10. The highest BCUT2D eigenvalue weighted by Gasteiger charge is 2.56. The second-order valence-electron chi connectivity index (χ2n) is 9.69. The zero-order valence-electron chi connectivity index (χ0n) is 19.7. The average Bonchev–Trinajstić information content (AvgIpc) is 3.21. The quantitative estimate of drug-likeness (QED) is 0.487. The number of nitrogens with zero attached hydrogens (tertiary/aromatic N) is 5. The number of imidazole rings is 1. The molecule has 0 bridgehead atoms. The van der Waals surface area contributed by atoms with E-state index in [1.54, 1.807) is 30.8 Å². The minimum atomic E-state index is -1.34. The Bertz CT molecular complexity index is 1170. The Morgan fingerprint density at radius 2 is 2.03 bits per heavy atom. The Morgan fingerprint density at radius 3 is 2.70 bits per heavy atom. The molecule has 0 aromatic carbocycles. The van der Waals surface area contributed by atoms with Gasteiger partial charge in [-0.2, -0.15) is 10.2 Å². The van der Waals surface area contributed by atoms with Gasteiger partial charge in [-0.1, -0.05) is 6.58 Å². The Morgan fingerprint density at radius 1 is 1.27 bits per heavy atom. The number of carbonyl (C=O) groups excluding carboxylic acids is 1. The maximum Gasteiger partial charge on any atom is 0.220 e. The second kappa shape index (κ2) is 8.61. The van der Waals surface area contributed by atoms with Gasteiger partial charge in [0, 0.05) is 30.6 Å². The number of hydrogen-bond acceptors (Lipinski definition) is 5. The fraction of sp³-hybridized carbons (Fsp3) is 0.500. The van der Waals surface area contributed by atoms with E-state index in [9.17, 15) is 9.18 Å². The highest BCUT2D eigenvalue weighted by atomic mass is 19.1. The number of nitrogens with one attached hydrogen (secondary N) is 2. The lowest BCUT2D eigenvalue weighted by Gasteiger charge is -2.26. The molecule has 3 aromatic rings. The van der Waals surface area contributed by atoms with E-state index in [0.717, 1.165) is 35.5 Å². The minimum Gasteiger partial charge on any atom is -0.378 e. The van der Waals surface area contributed by atoms with Gasteiger partial charge in [-0.3, -0.25) is 9.48 Å². The van der Waals surface area contributed by atoms with Crippen LogP contribution in [-0.2, 0) is 17.9 Å². The van der Waals surface area contributed by atoms with E-state index in [1.165, 1.54) is 0 Å². The smallest absolute Gasteiger partial charge is 0.220 e. The molecule has 0 aliphatic heterocycles. The van der Waals surface area contributed by atoms with Gasteiger partial charge in [-0.15, -0.1) is 0 Å². The van der Waals surface area contributed by atoms with Crippen LogP contribution in [0.4, 0.5) is 4.39 Å². The highest BCUT2D eigenvalue weighted by Crippen LogP contribution is 2.58. The maximum atomic E-state index is 14.4. The summed E-state index contributed by atoms with van der Waals surface area (Å²) in [6.07, 6.45) is 7.06. The molecule has 0 unspecified atom stereocenters. The molecule has 1 amide bonds. The van der Waals surface area contributed by atoms with Crippen molar-refractivity contribution in [3.8, 4) is 0 Å². The fourth-order valence-corrected chi connectivity index (χ4v) is 4.10. The Kier molecular flexibility index (Phi) is 5.99. The van der Waals surface area contributed by atoms with Gasteiger partial charge in [0.25, 0.3) is 0 Å². The van der Waals surface area contributed by atoms with Gasteiger partial charge in [-0.25, -0.2) is 13.9 Å². The number of aromatic nitrogens is 5. The summed E-state index contributed by atoms with van der Waals surface area (Å²) in [7, 11) is 0. The molecule has 4 rings (SSSR count). The molecule has 0 atom stereocenters. The number of alkyl halides is 1. The zero-order chi connectivity index (χ0) is 23.8. The Hall–Kier alpha value is -3.23. The van der Waals surface area contributed by atoms with E-state index < -0.39 is 11.1 Å². The summed E-state index contributed by atoms with van der Waals surface area (Å²) in [6, 6.07) is 4.07. The molecular weight excluding hydrogens is 421 g/mol. The van der Waals surface area contributed by atoms with E-state index in [4.69, 9.17) is 0 Å². The number of hydrogen-bond donors (Lipinski definition) is 2. The van der Waals surface area contributed by atoms with Gasteiger partial charge in [0.05, 0.1) is 36.0 Å². The molecular formula is C24H32FN7O. The van der Waals surface area contributed by atoms with Crippen molar-refractivity contribution in [2.75, 3.05) is 0 Å². The lowest BCUT2D eigenvalue weighted by atomic mass is 9.86. The van der Waals surface area contributed by atoms with E-state index in [-0.39, 0.29) is 18.4 Å². The van der Waals surface area contributed by atoms with E-state index >= 15 is 0 Å². The molecule has 1 fully saturated rings. The normalized spacial score (nSPS) is 15.1. The van der Waals surface area contributed by atoms with Crippen LogP contribution >= 0.6 is 0 Å². The minimum absolute atomic E-state index is 0.134. The fourth-order valence-electron chi connectivity index (χ4n) is 4.10. The first-order chi connectivity index (χ1) is 15.6. The van der Waals surface area contributed by atoms with Crippen molar-refractivity contribution in [3.05, 3.63) is 54.3 Å². The summed E-state index contributed by atoms with van der Waals surface area (Å²) in [5.74, 6) is -0.134. The van der Waals surface area contributed by atoms with E-state index in [0.29, 0.717) is 18.7 Å². The first kappa shape index (κ1) is 22.9. The molecule has 1 saturated carbocycles. The molecule has 0 radical (unpaired) electrons. The first-order valence-electron chi connectivity index (χ1n) is 11.3. The van der Waals surface area contributed by atoms with Crippen molar-refractivity contribution in [1.29, 1.82) is 0 Å². The standard InChI is InChI=1S/C24H32FN7O/c1-16(2)32-20(6-9-28-32)17(3)26-14-19-15-31-21(30-19)10-18(13-29-31)12-27-22(33)11-24(7-8-24)23(4,5)25/h6,9-10,13,15-16,26H,3,7-8,11-12,14H2,1-2,4-5H3,(H,27,33). The molecule has 0 spiro atoms. The van der Waals surface area contributed by atoms with Gasteiger partial charge in [0.2, 0.25) is 5.91 Å². The predicted molar refractivity (Wildman–Crippen MR) is 125 cm³/mol. The predicted octanol–water partition coefficient (Wildman–Crippen LogP) is 3.80. The molecule has 2 N–H and O–H groups in total. The van der Waals surface area contributed by atoms with Crippen LogP contribution in [0, 0.1) is 5.41 Å². The summed E-state index contributed by atoms with van der Waals surface area (Å²) in [6.45, 7) is 12.2. The molecule has 8 nitrogen and oxygen atoms in total. The second-order valence-corrected chi connectivity index (χ2v) is 9.69. The highest BCUT2D eigenvalue weighted by molar-refractivity contribution is 5.77. The SMILES string of the molecule is C=C(NCc1cn2ncc(CNC(=O)CC3(C(C)(C)F)CC3)cc2n1)c1ccnn1C(C)C. The molecule has 1 aliphatic carbocycles. The van der Waals surface area contributed by atoms with Crippen LogP contribution in [0.3, 0.4) is 0 Å². The maximum absolute atomic E-state index is 14.4. The van der Waals surface area contributed by atoms with Crippen molar-refractivity contribution >= 4 is 17.3 Å². The lowest BCUT2D eigenvalue weighted by Crippen LogP contribution is -2.34. The van der Waals surface area contributed by atoms with Gasteiger partial charge >= 0.3 is 0 Å². The van der Waals surface area contributed by atoms with Crippen molar-refractivity contribution in [2.45, 2.75) is 71.8 Å². The monoisotopic (exact) mass is 453 g/mol. The molecule has 176 valence electrons. The lowest BCUT2D eigenvalue weighted by molar-refractivity contribution is -0.124. The summed E-state index contributed by atoms with van der Waals surface area (Å²) in [4.78, 5) is 17.0. The Balaban J connectivity index is 1.34. The van der Waals surface area contributed by atoms with Crippen LogP contribution in [0.25, 0.3) is 11.3 Å². The van der Waals surface area contributed by atoms with Gasteiger partial charge in [-0.05, 0) is 58.2 Å². The van der Waals surface area contributed by atoms with Crippen molar-refractivity contribution < 1.29 is 9.18 Å². The summed E-state index contributed by atoms with van der Waals surface area (Å²) in [5, 5.41) is 14.9. The van der Waals surface area contributed by atoms with Crippen molar-refractivity contribution in [2.24, 2.45) is 5.41 Å². The summed E-state index contributed by atoms with van der Waals surface area (Å²) >= 11 is 0. The van der Waals surface area contributed by atoms with Crippen LogP contribution in [0.2, 0.25) is 0 Å².